The van der Waals surface area contributed by atoms with Crippen LogP contribution in [0.5, 0.6) is 0 Å². The molecule has 8 nitrogen and oxygen atoms in total. The van der Waals surface area contributed by atoms with Crippen LogP contribution in [0.25, 0.3) is 0 Å². The number of halogens is 1. The molecule has 0 aliphatic heterocycles. The van der Waals surface area contributed by atoms with Crippen LogP contribution in [0, 0.1) is 0 Å². The molecule has 1 amide bonds. The summed E-state index contributed by atoms with van der Waals surface area (Å²) in [7, 11) is 0. The molecular formula is C13H16BrN5O3. The Bertz CT molecular complexity index is 679. The van der Waals surface area contributed by atoms with E-state index in [0.29, 0.717) is 13.1 Å². The number of nitrogens with zero attached hydrogens (tertiary/aromatic N) is 4. The van der Waals surface area contributed by atoms with Gasteiger partial charge in [0.25, 0.3) is 0 Å². The van der Waals surface area contributed by atoms with E-state index >= 15 is 0 Å². The van der Waals surface area contributed by atoms with Crippen molar-refractivity contribution in [2.24, 2.45) is 0 Å². The number of carboxylic acid groups (broad SMARTS) is 1. The largest absolute Gasteiger partial charge is 0.476 e. The van der Waals surface area contributed by atoms with E-state index in [1.807, 2.05) is 6.92 Å². The van der Waals surface area contributed by atoms with Crippen LogP contribution in [0.1, 0.15) is 29.5 Å². The summed E-state index contributed by atoms with van der Waals surface area (Å²) in [6.45, 7) is 3.41. The maximum Gasteiger partial charge on any atom is 0.356 e. The fraction of sp³-hybridized carbons (Fsp3) is 0.385. The lowest BCUT2D eigenvalue weighted by Gasteiger charge is -2.08. The zero-order valence-electron chi connectivity index (χ0n) is 12.0. The smallest absolute Gasteiger partial charge is 0.356 e. The van der Waals surface area contributed by atoms with Gasteiger partial charge in [-0.3, -0.25) is 14.2 Å². The molecule has 0 fully saturated rings. The zero-order chi connectivity index (χ0) is 16.1. The van der Waals surface area contributed by atoms with Gasteiger partial charge in [-0.2, -0.15) is 10.2 Å². The average molecular weight is 370 g/mol. The summed E-state index contributed by atoms with van der Waals surface area (Å²) in [6, 6.07) is 1.40. The highest BCUT2D eigenvalue weighted by molar-refractivity contribution is 9.10. The molecule has 22 heavy (non-hydrogen) atoms. The molecule has 0 unspecified atom stereocenters. The van der Waals surface area contributed by atoms with Gasteiger partial charge in [0.1, 0.15) is 0 Å². The predicted molar refractivity (Wildman–Crippen MR) is 81.3 cm³/mol. The van der Waals surface area contributed by atoms with E-state index in [0.717, 1.165) is 16.7 Å². The van der Waals surface area contributed by atoms with Crippen LogP contribution in [0.3, 0.4) is 0 Å². The Labute approximate surface area is 135 Å². The Kier molecular flexibility index (Phi) is 5.31. The molecule has 0 saturated carbocycles. The van der Waals surface area contributed by atoms with E-state index in [1.54, 1.807) is 17.1 Å². The lowest BCUT2D eigenvalue weighted by atomic mass is 10.3. The highest BCUT2D eigenvalue weighted by Crippen LogP contribution is 2.15. The summed E-state index contributed by atoms with van der Waals surface area (Å²) in [6.07, 6.45) is 3.46. The molecule has 0 bridgehead atoms. The molecule has 0 aromatic carbocycles. The normalized spacial score (nSPS) is 10.6. The van der Waals surface area contributed by atoms with Gasteiger partial charge in [-0.25, -0.2) is 4.79 Å². The number of rotatable bonds is 7. The van der Waals surface area contributed by atoms with Gasteiger partial charge in [0.05, 0.1) is 22.9 Å². The molecule has 9 heteroatoms. The van der Waals surface area contributed by atoms with Crippen molar-refractivity contribution in [1.82, 2.24) is 24.9 Å². The fourth-order valence-electron chi connectivity index (χ4n) is 1.92. The van der Waals surface area contributed by atoms with Crippen LogP contribution in [0.2, 0.25) is 0 Å². The number of carboxylic acids is 1. The number of aromatic carboxylic acids is 1. The van der Waals surface area contributed by atoms with Gasteiger partial charge in [-0.05, 0) is 28.9 Å². The Hall–Kier alpha value is -2.16. The fourth-order valence-corrected chi connectivity index (χ4v) is 2.36. The van der Waals surface area contributed by atoms with Crippen molar-refractivity contribution >= 4 is 27.8 Å². The molecule has 0 aliphatic carbocycles. The third-order valence-corrected chi connectivity index (χ3v) is 3.74. The first-order valence-corrected chi connectivity index (χ1v) is 7.54. The van der Waals surface area contributed by atoms with Gasteiger partial charge in [0.2, 0.25) is 5.91 Å². The molecule has 0 radical (unpaired) electrons. The topological polar surface area (TPSA) is 102 Å². The van der Waals surface area contributed by atoms with Crippen molar-refractivity contribution < 1.29 is 14.7 Å². The first kappa shape index (κ1) is 16.2. The van der Waals surface area contributed by atoms with Gasteiger partial charge in [-0.1, -0.05) is 0 Å². The summed E-state index contributed by atoms with van der Waals surface area (Å²) >= 11 is 3.40. The number of aryl methyl sites for hydroxylation is 2. The minimum absolute atomic E-state index is 0.0313. The Morgan fingerprint density at radius 2 is 2.23 bits per heavy atom. The lowest BCUT2D eigenvalue weighted by molar-refractivity contribution is -0.121. The monoisotopic (exact) mass is 369 g/mol. The second-order valence-electron chi connectivity index (χ2n) is 4.55. The zero-order valence-corrected chi connectivity index (χ0v) is 13.6. The summed E-state index contributed by atoms with van der Waals surface area (Å²) in [5.74, 6) is -1.22. The Morgan fingerprint density at radius 3 is 2.86 bits per heavy atom. The minimum Gasteiger partial charge on any atom is -0.476 e. The van der Waals surface area contributed by atoms with Crippen molar-refractivity contribution in [3.05, 3.63) is 34.3 Å². The van der Waals surface area contributed by atoms with Gasteiger partial charge in [0, 0.05) is 25.7 Å². The highest BCUT2D eigenvalue weighted by Gasteiger charge is 2.10. The summed E-state index contributed by atoms with van der Waals surface area (Å²) in [5.41, 5.74) is 0.874. The van der Waals surface area contributed by atoms with Gasteiger partial charge >= 0.3 is 5.97 Å². The molecule has 2 aromatic heterocycles. The summed E-state index contributed by atoms with van der Waals surface area (Å²) in [5, 5.41) is 19.6. The van der Waals surface area contributed by atoms with Crippen LogP contribution in [0.4, 0.5) is 0 Å². The van der Waals surface area contributed by atoms with E-state index in [2.05, 4.69) is 31.4 Å². The second-order valence-corrected chi connectivity index (χ2v) is 5.41. The van der Waals surface area contributed by atoms with Gasteiger partial charge < -0.3 is 10.4 Å². The van der Waals surface area contributed by atoms with Gasteiger partial charge in [0.15, 0.2) is 5.69 Å². The number of amides is 1. The molecule has 0 saturated heterocycles. The van der Waals surface area contributed by atoms with Crippen LogP contribution >= 0.6 is 15.9 Å². The molecule has 2 rings (SSSR count). The van der Waals surface area contributed by atoms with Crippen molar-refractivity contribution in [2.75, 3.05) is 0 Å². The van der Waals surface area contributed by atoms with Crippen LogP contribution in [-0.4, -0.2) is 36.5 Å². The number of hydrogen-bond acceptors (Lipinski definition) is 4. The molecular weight excluding hydrogens is 354 g/mol. The third-order valence-electron chi connectivity index (χ3n) is 3.08. The first-order chi connectivity index (χ1) is 10.5. The van der Waals surface area contributed by atoms with Crippen molar-refractivity contribution in [3.63, 3.8) is 0 Å². The van der Waals surface area contributed by atoms with E-state index < -0.39 is 5.97 Å². The molecule has 0 atom stereocenters. The van der Waals surface area contributed by atoms with Crippen LogP contribution in [0.15, 0.2) is 22.9 Å². The molecule has 2 heterocycles. The van der Waals surface area contributed by atoms with Crippen molar-refractivity contribution in [2.45, 2.75) is 33.0 Å². The molecule has 118 valence electrons. The maximum absolute atomic E-state index is 11.8. The molecule has 2 aromatic rings. The van der Waals surface area contributed by atoms with Crippen LogP contribution in [-0.2, 0) is 24.4 Å². The van der Waals surface area contributed by atoms with E-state index in [1.165, 1.54) is 10.7 Å². The number of carbonyl (C=O) groups is 2. The third kappa shape index (κ3) is 3.94. The average Bonchev–Trinajstić information content (AvgIpc) is 3.09. The Balaban J connectivity index is 1.82. The first-order valence-electron chi connectivity index (χ1n) is 6.75. The van der Waals surface area contributed by atoms with Crippen molar-refractivity contribution in [1.29, 1.82) is 0 Å². The van der Waals surface area contributed by atoms with Gasteiger partial charge in [-0.15, -0.1) is 0 Å². The van der Waals surface area contributed by atoms with Crippen molar-refractivity contribution in [3.8, 4) is 0 Å². The highest BCUT2D eigenvalue weighted by atomic mass is 79.9. The second kappa shape index (κ2) is 7.21. The van der Waals surface area contributed by atoms with E-state index in [9.17, 15) is 9.59 Å². The minimum atomic E-state index is -1.08. The van der Waals surface area contributed by atoms with E-state index in [-0.39, 0.29) is 18.0 Å². The molecule has 0 spiro atoms. The number of hydrogen-bond donors (Lipinski definition) is 2. The maximum atomic E-state index is 11.8. The lowest BCUT2D eigenvalue weighted by Crippen LogP contribution is -2.25. The van der Waals surface area contributed by atoms with E-state index in [4.69, 9.17) is 5.11 Å². The molecule has 0 aliphatic rings. The van der Waals surface area contributed by atoms with Crippen LogP contribution < -0.4 is 5.32 Å². The predicted octanol–water partition coefficient (Wildman–Crippen LogP) is 1.27. The standard InChI is InChI=1S/C13H16BrN5O3/c1-2-19-11(9(14)7-16-19)8-15-12(20)4-6-18-5-3-10(17-18)13(21)22/h3,5,7H,2,4,6,8H2,1H3,(H,15,20)(H,21,22). The number of carbonyl (C=O) groups excluding carboxylic acids is 1. The number of aromatic nitrogens is 4. The molecule has 2 N–H and O–H groups in total. The quantitative estimate of drug-likeness (QED) is 0.764. The summed E-state index contributed by atoms with van der Waals surface area (Å²) < 4.78 is 4.10. The SMILES string of the molecule is CCn1ncc(Br)c1CNC(=O)CCn1ccc(C(=O)O)n1. The summed E-state index contributed by atoms with van der Waals surface area (Å²) in [4.78, 5) is 22.6. The Morgan fingerprint density at radius 1 is 1.45 bits per heavy atom. The number of nitrogens with one attached hydrogen (secondary N) is 1.